The van der Waals surface area contributed by atoms with E-state index in [1.807, 2.05) is 24.3 Å². The number of carbonyl (C=O) groups is 1. The molecule has 1 aliphatic carbocycles. The first kappa shape index (κ1) is 24.4. The third-order valence-corrected chi connectivity index (χ3v) is 6.98. The lowest BCUT2D eigenvalue weighted by atomic mass is 9.85. The van der Waals surface area contributed by atoms with E-state index in [2.05, 4.69) is 37.0 Å². The minimum atomic E-state index is -0.519. The molecule has 0 saturated heterocycles. The molecular weight excluding hydrogens is 493 g/mol. The number of carbonyl (C=O) groups excluding carboxylic acids is 1. The molecule has 1 amide bonds. The molecule has 39 heavy (non-hydrogen) atoms. The lowest BCUT2D eigenvalue weighted by Gasteiger charge is -2.24. The number of aromatic amines is 2. The second-order valence-electron chi connectivity index (χ2n) is 9.55. The maximum absolute atomic E-state index is 12.4. The number of rotatable bonds is 8. The zero-order chi connectivity index (χ0) is 26.8. The summed E-state index contributed by atoms with van der Waals surface area (Å²) in [5.74, 6) is 0.752. The van der Waals surface area contributed by atoms with Crippen molar-refractivity contribution in [2.45, 2.75) is 19.3 Å². The molecule has 3 N–H and O–H groups in total. The summed E-state index contributed by atoms with van der Waals surface area (Å²) in [6.07, 6.45) is 16.5. The van der Waals surface area contributed by atoms with E-state index in [0.717, 1.165) is 57.9 Å². The highest BCUT2D eigenvalue weighted by molar-refractivity contribution is 5.98. The number of alkyl halides is 1. The Hall–Kier alpha value is -4.92. The van der Waals surface area contributed by atoms with Crippen molar-refractivity contribution in [1.29, 1.82) is 0 Å². The first-order valence-corrected chi connectivity index (χ1v) is 12.8. The number of H-pyrrole nitrogens is 2. The van der Waals surface area contributed by atoms with Crippen LogP contribution in [0.3, 0.4) is 0 Å². The molecule has 1 aromatic carbocycles. The van der Waals surface area contributed by atoms with Crippen LogP contribution in [-0.2, 0) is 4.79 Å². The molecule has 1 fully saturated rings. The van der Waals surface area contributed by atoms with Gasteiger partial charge in [0, 0.05) is 34.8 Å². The zero-order valence-electron chi connectivity index (χ0n) is 21.1. The predicted molar refractivity (Wildman–Crippen MR) is 151 cm³/mol. The molecule has 9 heteroatoms. The third-order valence-electron chi connectivity index (χ3n) is 6.98. The summed E-state index contributed by atoms with van der Waals surface area (Å²) in [7, 11) is 0. The number of amides is 1. The summed E-state index contributed by atoms with van der Waals surface area (Å²) in [5, 5.41) is 11.5. The van der Waals surface area contributed by atoms with Crippen LogP contribution in [0.25, 0.3) is 50.2 Å². The summed E-state index contributed by atoms with van der Waals surface area (Å²) >= 11 is 0. The van der Waals surface area contributed by atoms with Gasteiger partial charge in [-0.05, 0) is 42.2 Å². The second kappa shape index (κ2) is 10.4. The van der Waals surface area contributed by atoms with E-state index < -0.39 is 6.67 Å². The van der Waals surface area contributed by atoms with Crippen molar-refractivity contribution in [1.82, 2.24) is 30.1 Å². The standard InChI is InChI=1S/C30H26FN7O/c1-18(6-3-2-4-11-31)24-16-33-17-26-27(24)36-29(35-26)28-23-13-20(9-10-25(23)37-38-28)21-12-22(15-32-14-21)34-30(39)19-7-5-8-19/h2-4,6,9-10,12-17,19H,1,5,7-8,11H2,(H,34,39)(H,35,36)(H,37,38)/b4-2-,6-3-. The number of hydrogen-bond acceptors (Lipinski definition) is 5. The average molecular weight is 520 g/mol. The Kier molecular flexibility index (Phi) is 6.54. The van der Waals surface area contributed by atoms with Gasteiger partial charge in [0.2, 0.25) is 5.91 Å². The molecule has 6 rings (SSSR count). The summed E-state index contributed by atoms with van der Waals surface area (Å²) in [4.78, 5) is 29.3. The Bertz CT molecular complexity index is 1760. The number of fused-ring (bicyclic) bond motifs is 2. The van der Waals surface area contributed by atoms with Gasteiger partial charge < -0.3 is 10.3 Å². The van der Waals surface area contributed by atoms with Crippen molar-refractivity contribution in [3.63, 3.8) is 0 Å². The molecule has 4 aromatic heterocycles. The maximum atomic E-state index is 12.4. The molecule has 5 aromatic rings. The fourth-order valence-electron chi connectivity index (χ4n) is 4.63. The first-order chi connectivity index (χ1) is 19.1. The van der Waals surface area contributed by atoms with Crippen LogP contribution >= 0.6 is 0 Å². The Morgan fingerprint density at radius 1 is 1.08 bits per heavy atom. The molecule has 8 nitrogen and oxygen atoms in total. The first-order valence-electron chi connectivity index (χ1n) is 12.8. The number of halogens is 1. The predicted octanol–water partition coefficient (Wildman–Crippen LogP) is 6.40. The molecule has 0 aliphatic heterocycles. The van der Waals surface area contributed by atoms with E-state index in [1.54, 1.807) is 43.0 Å². The Labute approximate surface area is 223 Å². The van der Waals surface area contributed by atoms with Crippen LogP contribution < -0.4 is 5.32 Å². The van der Waals surface area contributed by atoms with Crippen LogP contribution in [0.4, 0.5) is 10.1 Å². The zero-order valence-corrected chi connectivity index (χ0v) is 21.1. The van der Waals surface area contributed by atoms with Gasteiger partial charge >= 0.3 is 0 Å². The van der Waals surface area contributed by atoms with Gasteiger partial charge in [-0.25, -0.2) is 9.37 Å². The van der Waals surface area contributed by atoms with Crippen molar-refractivity contribution >= 4 is 39.1 Å². The number of nitrogens with zero attached hydrogens (tertiary/aromatic N) is 4. The third kappa shape index (κ3) is 4.86. The number of imidazole rings is 1. The van der Waals surface area contributed by atoms with E-state index in [-0.39, 0.29) is 11.8 Å². The minimum absolute atomic E-state index is 0.0564. The van der Waals surface area contributed by atoms with Gasteiger partial charge in [0.05, 0.1) is 34.6 Å². The largest absolute Gasteiger partial charge is 0.335 e. The lowest BCUT2D eigenvalue weighted by Crippen LogP contribution is -2.28. The van der Waals surface area contributed by atoms with Crippen molar-refractivity contribution in [3.05, 3.63) is 85.5 Å². The lowest BCUT2D eigenvalue weighted by molar-refractivity contribution is -0.122. The number of allylic oxidation sites excluding steroid dienone is 5. The van der Waals surface area contributed by atoms with Crippen LogP contribution in [0.15, 0.2) is 79.9 Å². The SMILES string of the molecule is C=C(/C=C\C=C/CF)c1cncc2[nH]c(-c3n[nH]c4ccc(-c5cncc(NC(=O)C6CCC6)c5)cc34)nc12. The van der Waals surface area contributed by atoms with Crippen LogP contribution in [0.5, 0.6) is 0 Å². The maximum Gasteiger partial charge on any atom is 0.227 e. The van der Waals surface area contributed by atoms with Gasteiger partial charge in [0.1, 0.15) is 12.4 Å². The Morgan fingerprint density at radius 3 is 2.77 bits per heavy atom. The molecular formula is C30H26FN7O. The summed E-state index contributed by atoms with van der Waals surface area (Å²) in [5.41, 5.74) is 6.99. The molecule has 1 aliphatic rings. The van der Waals surface area contributed by atoms with Crippen molar-refractivity contribution in [2.24, 2.45) is 5.92 Å². The van der Waals surface area contributed by atoms with Crippen molar-refractivity contribution < 1.29 is 9.18 Å². The highest BCUT2D eigenvalue weighted by Gasteiger charge is 2.25. The van der Waals surface area contributed by atoms with Gasteiger partial charge in [-0.2, -0.15) is 5.10 Å². The van der Waals surface area contributed by atoms with Gasteiger partial charge in [0.25, 0.3) is 0 Å². The molecule has 0 spiro atoms. The molecule has 0 radical (unpaired) electrons. The number of nitrogens with one attached hydrogen (secondary N) is 3. The van der Waals surface area contributed by atoms with Crippen LogP contribution in [-0.4, -0.2) is 42.7 Å². The topological polar surface area (TPSA) is 112 Å². The highest BCUT2D eigenvalue weighted by Crippen LogP contribution is 2.33. The van der Waals surface area contributed by atoms with Gasteiger partial charge in [-0.1, -0.05) is 43.4 Å². The summed E-state index contributed by atoms with van der Waals surface area (Å²) in [6.45, 7) is 3.60. The molecule has 4 heterocycles. The van der Waals surface area contributed by atoms with Gasteiger partial charge in [0.15, 0.2) is 5.82 Å². The second-order valence-corrected chi connectivity index (χ2v) is 9.55. The number of benzene rings is 1. The van der Waals surface area contributed by atoms with E-state index in [1.165, 1.54) is 6.08 Å². The summed E-state index contributed by atoms with van der Waals surface area (Å²) < 4.78 is 12.3. The average Bonchev–Trinajstić information content (AvgIpc) is 3.53. The van der Waals surface area contributed by atoms with Crippen LogP contribution in [0.1, 0.15) is 24.8 Å². The number of pyridine rings is 2. The van der Waals surface area contributed by atoms with Crippen LogP contribution in [0, 0.1) is 5.92 Å². The smallest absolute Gasteiger partial charge is 0.227 e. The quantitative estimate of drug-likeness (QED) is 0.206. The minimum Gasteiger partial charge on any atom is -0.335 e. The fraction of sp³-hybridized carbons (Fsp3) is 0.167. The Morgan fingerprint density at radius 2 is 1.95 bits per heavy atom. The number of aromatic nitrogens is 6. The van der Waals surface area contributed by atoms with E-state index in [0.29, 0.717) is 22.8 Å². The van der Waals surface area contributed by atoms with Gasteiger partial charge in [-0.3, -0.25) is 19.9 Å². The van der Waals surface area contributed by atoms with Gasteiger partial charge in [-0.15, -0.1) is 0 Å². The molecule has 1 saturated carbocycles. The highest BCUT2D eigenvalue weighted by atomic mass is 19.1. The number of anilines is 1. The number of hydrogen-bond donors (Lipinski definition) is 3. The Balaban J connectivity index is 1.33. The molecule has 194 valence electrons. The molecule has 0 unspecified atom stereocenters. The van der Waals surface area contributed by atoms with E-state index >= 15 is 0 Å². The van der Waals surface area contributed by atoms with Crippen molar-refractivity contribution in [2.75, 3.05) is 12.0 Å². The summed E-state index contributed by atoms with van der Waals surface area (Å²) in [6, 6.07) is 7.93. The monoisotopic (exact) mass is 519 g/mol. The molecule has 0 atom stereocenters. The van der Waals surface area contributed by atoms with Crippen molar-refractivity contribution in [3.8, 4) is 22.6 Å². The molecule has 0 bridgehead atoms. The normalized spacial score (nSPS) is 14.0. The van der Waals surface area contributed by atoms with Crippen LogP contribution in [0.2, 0.25) is 0 Å². The fourth-order valence-corrected chi connectivity index (χ4v) is 4.63. The van der Waals surface area contributed by atoms with E-state index in [9.17, 15) is 9.18 Å². The van der Waals surface area contributed by atoms with E-state index in [4.69, 9.17) is 4.98 Å².